The predicted octanol–water partition coefficient (Wildman–Crippen LogP) is 2.34. The average molecular weight is 303 g/mol. The van der Waals surface area contributed by atoms with Gasteiger partial charge in [0, 0.05) is 12.6 Å². The Bertz CT molecular complexity index is 587. The zero-order chi connectivity index (χ0) is 14.8. The Balaban J connectivity index is 3.29. The SMILES string of the molecule is C=CCN(C(C)C)S(=O)(=O)c1cc(C)c(C(=O)O)s1. The highest BCUT2D eigenvalue weighted by Crippen LogP contribution is 2.29. The van der Waals surface area contributed by atoms with Gasteiger partial charge in [0.1, 0.15) is 9.09 Å². The molecule has 0 unspecified atom stereocenters. The Kier molecular flexibility index (Phi) is 4.89. The summed E-state index contributed by atoms with van der Waals surface area (Å²) in [5.41, 5.74) is 0.457. The van der Waals surface area contributed by atoms with Crippen molar-refractivity contribution < 1.29 is 18.3 Å². The van der Waals surface area contributed by atoms with Crippen molar-refractivity contribution in [3.8, 4) is 0 Å². The molecule has 0 saturated heterocycles. The monoisotopic (exact) mass is 303 g/mol. The van der Waals surface area contributed by atoms with Crippen LogP contribution in [0.15, 0.2) is 22.9 Å². The number of sulfonamides is 1. The van der Waals surface area contributed by atoms with Crippen LogP contribution >= 0.6 is 11.3 Å². The van der Waals surface area contributed by atoms with Crippen molar-refractivity contribution in [3.05, 3.63) is 29.2 Å². The Labute approximate surface area is 117 Å². The summed E-state index contributed by atoms with van der Waals surface area (Å²) in [4.78, 5) is 11.0. The van der Waals surface area contributed by atoms with Crippen LogP contribution in [-0.4, -0.2) is 36.4 Å². The van der Waals surface area contributed by atoms with Gasteiger partial charge in [0.15, 0.2) is 0 Å². The topological polar surface area (TPSA) is 74.7 Å². The smallest absolute Gasteiger partial charge is 0.346 e. The highest BCUT2D eigenvalue weighted by molar-refractivity contribution is 7.91. The van der Waals surface area contributed by atoms with Gasteiger partial charge in [-0.1, -0.05) is 6.08 Å². The fourth-order valence-corrected chi connectivity index (χ4v) is 4.74. The summed E-state index contributed by atoms with van der Waals surface area (Å²) < 4.78 is 26.2. The van der Waals surface area contributed by atoms with Gasteiger partial charge < -0.3 is 5.11 Å². The molecule has 1 rings (SSSR count). The van der Waals surface area contributed by atoms with E-state index in [-0.39, 0.29) is 21.7 Å². The van der Waals surface area contributed by atoms with E-state index in [1.165, 1.54) is 16.4 Å². The highest BCUT2D eigenvalue weighted by Gasteiger charge is 2.29. The summed E-state index contributed by atoms with van der Waals surface area (Å²) in [6, 6.07) is 1.18. The number of aryl methyl sites for hydroxylation is 1. The van der Waals surface area contributed by atoms with Crippen LogP contribution in [0, 0.1) is 6.92 Å². The first-order chi connectivity index (χ1) is 8.71. The van der Waals surface area contributed by atoms with Gasteiger partial charge in [0.25, 0.3) is 10.0 Å². The fourth-order valence-electron chi connectivity index (χ4n) is 1.62. The zero-order valence-electron chi connectivity index (χ0n) is 11.1. The van der Waals surface area contributed by atoms with E-state index in [0.29, 0.717) is 5.56 Å². The van der Waals surface area contributed by atoms with E-state index >= 15 is 0 Å². The molecule has 0 aliphatic heterocycles. The second-order valence-corrected chi connectivity index (χ2v) is 7.51. The fraction of sp³-hybridized carbons (Fsp3) is 0.417. The molecular weight excluding hydrogens is 286 g/mol. The van der Waals surface area contributed by atoms with E-state index in [1.54, 1.807) is 20.8 Å². The van der Waals surface area contributed by atoms with E-state index in [1.807, 2.05) is 0 Å². The Morgan fingerprint density at radius 1 is 1.58 bits per heavy atom. The zero-order valence-corrected chi connectivity index (χ0v) is 12.7. The third-order valence-corrected chi connectivity index (χ3v) is 6.25. The van der Waals surface area contributed by atoms with Crippen LogP contribution in [0.5, 0.6) is 0 Å². The normalized spacial score (nSPS) is 12.1. The first kappa shape index (κ1) is 15.9. The number of rotatable bonds is 6. The highest BCUT2D eigenvalue weighted by atomic mass is 32.2. The summed E-state index contributed by atoms with van der Waals surface area (Å²) >= 11 is 0.783. The van der Waals surface area contributed by atoms with Crippen molar-refractivity contribution in [1.29, 1.82) is 0 Å². The van der Waals surface area contributed by atoms with Crippen molar-refractivity contribution in [2.24, 2.45) is 0 Å². The number of carboxylic acid groups (broad SMARTS) is 1. The molecule has 0 radical (unpaired) electrons. The predicted molar refractivity (Wildman–Crippen MR) is 75.2 cm³/mol. The molecular formula is C12H17NO4S2. The van der Waals surface area contributed by atoms with Crippen LogP contribution in [-0.2, 0) is 10.0 Å². The van der Waals surface area contributed by atoms with Crippen LogP contribution < -0.4 is 0 Å². The maximum Gasteiger partial charge on any atom is 0.346 e. The first-order valence-electron chi connectivity index (χ1n) is 5.68. The molecule has 0 bridgehead atoms. The molecule has 1 N–H and O–H groups in total. The molecule has 0 fully saturated rings. The number of aromatic carboxylic acids is 1. The van der Waals surface area contributed by atoms with Gasteiger partial charge in [-0.2, -0.15) is 4.31 Å². The number of hydrogen-bond donors (Lipinski definition) is 1. The van der Waals surface area contributed by atoms with E-state index in [4.69, 9.17) is 5.11 Å². The maximum absolute atomic E-state index is 12.4. The van der Waals surface area contributed by atoms with Crippen molar-refractivity contribution in [1.82, 2.24) is 4.31 Å². The van der Waals surface area contributed by atoms with Gasteiger partial charge in [-0.3, -0.25) is 0 Å². The second kappa shape index (κ2) is 5.85. The largest absolute Gasteiger partial charge is 0.477 e. The molecule has 1 heterocycles. The molecule has 0 amide bonds. The van der Waals surface area contributed by atoms with E-state index in [0.717, 1.165) is 11.3 Å². The van der Waals surface area contributed by atoms with Gasteiger partial charge in [-0.05, 0) is 32.4 Å². The number of nitrogens with zero attached hydrogens (tertiary/aromatic N) is 1. The van der Waals surface area contributed by atoms with Crippen LogP contribution in [0.1, 0.15) is 29.1 Å². The van der Waals surface area contributed by atoms with Gasteiger partial charge >= 0.3 is 5.97 Å². The minimum absolute atomic E-state index is 0.0537. The third-order valence-electron chi connectivity index (χ3n) is 2.54. The molecule has 5 nitrogen and oxygen atoms in total. The van der Waals surface area contributed by atoms with E-state index in [9.17, 15) is 13.2 Å². The van der Waals surface area contributed by atoms with Crippen molar-refractivity contribution in [2.75, 3.05) is 6.54 Å². The lowest BCUT2D eigenvalue weighted by molar-refractivity contribution is 0.0701. The van der Waals surface area contributed by atoms with E-state index < -0.39 is 16.0 Å². The molecule has 19 heavy (non-hydrogen) atoms. The summed E-state index contributed by atoms with van der Waals surface area (Å²) in [5.74, 6) is -1.11. The van der Waals surface area contributed by atoms with Crippen molar-refractivity contribution >= 4 is 27.3 Å². The molecule has 0 aliphatic rings. The molecule has 0 aromatic carbocycles. The van der Waals surface area contributed by atoms with Gasteiger partial charge in [-0.25, -0.2) is 13.2 Å². The van der Waals surface area contributed by atoms with E-state index in [2.05, 4.69) is 6.58 Å². The van der Waals surface area contributed by atoms with Gasteiger partial charge in [0.05, 0.1) is 0 Å². The lowest BCUT2D eigenvalue weighted by Crippen LogP contribution is -2.36. The number of thiophene rings is 1. The second-order valence-electron chi connectivity index (χ2n) is 4.34. The Morgan fingerprint density at radius 3 is 2.53 bits per heavy atom. The van der Waals surface area contributed by atoms with Crippen LogP contribution in [0.3, 0.4) is 0 Å². The molecule has 0 aliphatic carbocycles. The summed E-state index contributed by atoms with van der Waals surface area (Å²) in [5, 5.41) is 8.98. The molecule has 0 spiro atoms. The summed E-state index contributed by atoms with van der Waals surface area (Å²) in [7, 11) is -3.68. The molecule has 1 aromatic rings. The summed E-state index contributed by atoms with van der Waals surface area (Å²) in [6.07, 6.45) is 1.51. The maximum atomic E-state index is 12.4. The molecule has 1 aromatic heterocycles. The Hall–Kier alpha value is -1.18. The standard InChI is InChI=1S/C12H17NO4S2/c1-5-6-13(8(2)3)19(16,17)10-7-9(4)11(18-10)12(14)15/h5,7-8H,1,6H2,2-4H3,(H,14,15). The van der Waals surface area contributed by atoms with Crippen LogP contribution in [0.4, 0.5) is 0 Å². The van der Waals surface area contributed by atoms with Crippen molar-refractivity contribution in [3.63, 3.8) is 0 Å². The van der Waals surface area contributed by atoms with Gasteiger partial charge in [0.2, 0.25) is 0 Å². The minimum atomic E-state index is -3.68. The molecule has 0 saturated carbocycles. The molecule has 7 heteroatoms. The molecule has 106 valence electrons. The van der Waals surface area contributed by atoms with Crippen LogP contribution in [0.2, 0.25) is 0 Å². The lowest BCUT2D eigenvalue weighted by Gasteiger charge is -2.23. The first-order valence-corrected chi connectivity index (χ1v) is 7.94. The van der Waals surface area contributed by atoms with Gasteiger partial charge in [-0.15, -0.1) is 17.9 Å². The third kappa shape index (κ3) is 3.23. The average Bonchev–Trinajstić information content (AvgIpc) is 2.68. The quantitative estimate of drug-likeness (QED) is 0.819. The van der Waals surface area contributed by atoms with Crippen molar-refractivity contribution in [2.45, 2.75) is 31.0 Å². The number of hydrogen-bond acceptors (Lipinski definition) is 4. The number of carbonyl (C=O) groups is 1. The minimum Gasteiger partial charge on any atom is -0.477 e. The molecule has 0 atom stereocenters. The Morgan fingerprint density at radius 2 is 2.16 bits per heavy atom. The number of carboxylic acids is 1. The lowest BCUT2D eigenvalue weighted by atomic mass is 10.3. The summed E-state index contributed by atoms with van der Waals surface area (Å²) in [6.45, 7) is 8.85. The van der Waals surface area contributed by atoms with Crippen LogP contribution in [0.25, 0.3) is 0 Å².